The van der Waals surface area contributed by atoms with E-state index in [-0.39, 0.29) is 18.0 Å². The summed E-state index contributed by atoms with van der Waals surface area (Å²) in [6, 6.07) is 14.0. The molecule has 0 aromatic heterocycles. The van der Waals surface area contributed by atoms with Crippen molar-refractivity contribution in [1.29, 1.82) is 0 Å². The van der Waals surface area contributed by atoms with Gasteiger partial charge in [-0.15, -0.1) is 0 Å². The highest BCUT2D eigenvalue weighted by Gasteiger charge is 2.16. The molecule has 2 rings (SSSR count). The molecule has 0 aliphatic rings. The maximum atomic E-state index is 12.2. The van der Waals surface area contributed by atoms with Crippen LogP contribution in [0.2, 0.25) is 0 Å². The SMILES string of the molecule is Cc1ccc(N)cc1S(=O)(=O)NCCOc1ccccc1. The van der Waals surface area contributed by atoms with Gasteiger partial charge in [0.05, 0.1) is 4.90 Å². The molecule has 5 nitrogen and oxygen atoms in total. The predicted octanol–water partition coefficient (Wildman–Crippen LogP) is 1.93. The minimum atomic E-state index is -3.58. The van der Waals surface area contributed by atoms with E-state index in [1.54, 1.807) is 19.1 Å². The molecule has 0 spiro atoms. The van der Waals surface area contributed by atoms with Crippen molar-refractivity contribution in [3.8, 4) is 5.75 Å². The van der Waals surface area contributed by atoms with Gasteiger partial charge in [-0.3, -0.25) is 0 Å². The van der Waals surface area contributed by atoms with Gasteiger partial charge in [-0.2, -0.15) is 0 Å². The van der Waals surface area contributed by atoms with Crippen LogP contribution in [-0.4, -0.2) is 21.6 Å². The monoisotopic (exact) mass is 306 g/mol. The van der Waals surface area contributed by atoms with E-state index in [0.29, 0.717) is 17.0 Å². The van der Waals surface area contributed by atoms with Gasteiger partial charge in [0.15, 0.2) is 0 Å². The zero-order valence-corrected chi connectivity index (χ0v) is 12.6. The molecule has 0 saturated carbocycles. The quantitative estimate of drug-likeness (QED) is 0.631. The van der Waals surface area contributed by atoms with Crippen molar-refractivity contribution >= 4 is 15.7 Å². The summed E-state index contributed by atoms with van der Waals surface area (Å²) in [6.07, 6.45) is 0. The Morgan fingerprint density at radius 3 is 2.57 bits per heavy atom. The molecule has 0 saturated heterocycles. The summed E-state index contributed by atoms with van der Waals surface area (Å²) >= 11 is 0. The van der Waals surface area contributed by atoms with Crippen LogP contribution in [0.1, 0.15) is 5.56 Å². The van der Waals surface area contributed by atoms with E-state index in [1.807, 2.05) is 30.3 Å². The average Bonchev–Trinajstić information content (AvgIpc) is 2.47. The lowest BCUT2D eigenvalue weighted by atomic mass is 10.2. The van der Waals surface area contributed by atoms with Crippen molar-refractivity contribution in [3.05, 3.63) is 54.1 Å². The number of ether oxygens (including phenoxy) is 1. The fourth-order valence-electron chi connectivity index (χ4n) is 1.85. The molecule has 6 heteroatoms. The maximum Gasteiger partial charge on any atom is 0.241 e. The fourth-order valence-corrected chi connectivity index (χ4v) is 3.14. The number of nitrogens with one attached hydrogen (secondary N) is 1. The number of anilines is 1. The Hall–Kier alpha value is -2.05. The Balaban J connectivity index is 1.94. The van der Waals surface area contributed by atoms with Gasteiger partial charge in [-0.1, -0.05) is 24.3 Å². The van der Waals surface area contributed by atoms with Crippen LogP contribution in [0.15, 0.2) is 53.4 Å². The van der Waals surface area contributed by atoms with Gasteiger partial charge < -0.3 is 10.5 Å². The first kappa shape index (κ1) is 15.3. The molecule has 0 amide bonds. The molecule has 0 radical (unpaired) electrons. The van der Waals surface area contributed by atoms with Crippen molar-refractivity contribution in [2.75, 3.05) is 18.9 Å². The third kappa shape index (κ3) is 4.21. The first-order chi connectivity index (χ1) is 9.99. The lowest BCUT2D eigenvalue weighted by Crippen LogP contribution is -2.28. The summed E-state index contributed by atoms with van der Waals surface area (Å²) in [5.41, 5.74) is 6.71. The highest BCUT2D eigenvalue weighted by molar-refractivity contribution is 7.89. The van der Waals surface area contributed by atoms with Gasteiger partial charge in [-0.05, 0) is 36.8 Å². The zero-order chi connectivity index (χ0) is 15.3. The van der Waals surface area contributed by atoms with Gasteiger partial charge in [0.1, 0.15) is 12.4 Å². The van der Waals surface area contributed by atoms with Crippen LogP contribution in [0.4, 0.5) is 5.69 Å². The average molecular weight is 306 g/mol. The summed E-state index contributed by atoms with van der Waals surface area (Å²) in [7, 11) is -3.58. The lowest BCUT2D eigenvalue weighted by molar-refractivity contribution is 0.323. The Morgan fingerprint density at radius 2 is 1.86 bits per heavy atom. The van der Waals surface area contributed by atoms with Crippen LogP contribution < -0.4 is 15.2 Å². The summed E-state index contributed by atoms with van der Waals surface area (Å²) in [4.78, 5) is 0.196. The van der Waals surface area contributed by atoms with E-state index in [2.05, 4.69) is 4.72 Å². The van der Waals surface area contributed by atoms with Crippen molar-refractivity contribution in [2.45, 2.75) is 11.8 Å². The molecular weight excluding hydrogens is 288 g/mol. The number of sulfonamides is 1. The lowest BCUT2D eigenvalue weighted by Gasteiger charge is -2.11. The van der Waals surface area contributed by atoms with Crippen molar-refractivity contribution in [3.63, 3.8) is 0 Å². The molecule has 21 heavy (non-hydrogen) atoms. The van der Waals surface area contributed by atoms with Crippen LogP contribution >= 0.6 is 0 Å². The van der Waals surface area contributed by atoms with Crippen molar-refractivity contribution in [2.24, 2.45) is 0 Å². The molecule has 2 aromatic rings. The summed E-state index contributed by atoms with van der Waals surface area (Å²) in [6.45, 7) is 2.17. The minimum Gasteiger partial charge on any atom is -0.492 e. The number of aryl methyl sites for hydroxylation is 1. The van der Waals surface area contributed by atoms with Gasteiger partial charge >= 0.3 is 0 Å². The third-order valence-electron chi connectivity index (χ3n) is 2.91. The van der Waals surface area contributed by atoms with Crippen LogP contribution in [0, 0.1) is 6.92 Å². The number of hydrogen-bond acceptors (Lipinski definition) is 4. The largest absolute Gasteiger partial charge is 0.492 e. The first-order valence-electron chi connectivity index (χ1n) is 6.53. The third-order valence-corrected chi connectivity index (χ3v) is 4.51. The van der Waals surface area contributed by atoms with E-state index in [0.717, 1.165) is 0 Å². The van der Waals surface area contributed by atoms with Gasteiger partial charge in [-0.25, -0.2) is 13.1 Å². The van der Waals surface area contributed by atoms with E-state index < -0.39 is 10.0 Å². The second-order valence-electron chi connectivity index (χ2n) is 4.58. The second-order valence-corrected chi connectivity index (χ2v) is 6.32. The number of nitrogen functional groups attached to an aromatic ring is 1. The molecule has 0 fully saturated rings. The molecular formula is C15H18N2O3S. The van der Waals surface area contributed by atoms with Gasteiger partial charge in [0.2, 0.25) is 10.0 Å². The second kappa shape index (κ2) is 6.60. The standard InChI is InChI=1S/C15H18N2O3S/c1-12-7-8-13(16)11-15(12)21(18,19)17-9-10-20-14-5-3-2-4-6-14/h2-8,11,17H,9-10,16H2,1H3. The molecule has 3 N–H and O–H groups in total. The minimum absolute atomic E-state index is 0.186. The molecule has 0 bridgehead atoms. The molecule has 0 aliphatic heterocycles. The summed E-state index contributed by atoms with van der Waals surface area (Å²) < 4.78 is 32.3. The normalized spacial score (nSPS) is 11.3. The van der Waals surface area contributed by atoms with E-state index >= 15 is 0 Å². The Morgan fingerprint density at radius 1 is 1.14 bits per heavy atom. The number of benzene rings is 2. The highest BCUT2D eigenvalue weighted by atomic mass is 32.2. The summed E-state index contributed by atoms with van der Waals surface area (Å²) in [5, 5.41) is 0. The van der Waals surface area contributed by atoms with E-state index in [9.17, 15) is 8.42 Å². The molecule has 0 aliphatic carbocycles. The molecule has 2 aromatic carbocycles. The molecule has 0 unspecified atom stereocenters. The highest BCUT2D eigenvalue weighted by Crippen LogP contribution is 2.17. The predicted molar refractivity (Wildman–Crippen MR) is 82.7 cm³/mol. The van der Waals surface area contributed by atoms with E-state index in [4.69, 9.17) is 10.5 Å². The number of para-hydroxylation sites is 1. The first-order valence-corrected chi connectivity index (χ1v) is 8.01. The number of hydrogen-bond donors (Lipinski definition) is 2. The zero-order valence-electron chi connectivity index (χ0n) is 11.7. The smallest absolute Gasteiger partial charge is 0.241 e. The van der Waals surface area contributed by atoms with Crippen molar-refractivity contribution < 1.29 is 13.2 Å². The van der Waals surface area contributed by atoms with Crippen LogP contribution in [-0.2, 0) is 10.0 Å². The van der Waals surface area contributed by atoms with Crippen LogP contribution in [0.5, 0.6) is 5.75 Å². The van der Waals surface area contributed by atoms with Gasteiger partial charge in [0.25, 0.3) is 0 Å². The number of nitrogens with two attached hydrogens (primary N) is 1. The Kier molecular flexibility index (Phi) is 4.82. The molecule has 0 heterocycles. The molecule has 112 valence electrons. The van der Waals surface area contributed by atoms with Gasteiger partial charge in [0, 0.05) is 12.2 Å². The fraction of sp³-hybridized carbons (Fsp3) is 0.200. The number of rotatable bonds is 6. The van der Waals surface area contributed by atoms with Crippen LogP contribution in [0.25, 0.3) is 0 Å². The molecule has 0 atom stereocenters. The van der Waals surface area contributed by atoms with Crippen LogP contribution in [0.3, 0.4) is 0 Å². The van der Waals surface area contributed by atoms with Crippen molar-refractivity contribution in [1.82, 2.24) is 4.72 Å². The van der Waals surface area contributed by atoms with E-state index in [1.165, 1.54) is 6.07 Å². The topological polar surface area (TPSA) is 81.4 Å². The Labute approximate surface area is 124 Å². The Bertz CT molecular complexity index is 700. The summed E-state index contributed by atoms with van der Waals surface area (Å²) in [5.74, 6) is 0.705. The maximum absolute atomic E-state index is 12.2.